The summed E-state index contributed by atoms with van der Waals surface area (Å²) in [5.41, 5.74) is 1.03. The van der Waals surface area contributed by atoms with Gasteiger partial charge in [0.15, 0.2) is 0 Å². The average molecular weight is 502 g/mol. The van der Waals surface area contributed by atoms with Crippen LogP contribution < -0.4 is 45.0 Å². The molecule has 2 fully saturated rings. The van der Waals surface area contributed by atoms with Gasteiger partial charge in [0.2, 0.25) is 23.8 Å². The van der Waals surface area contributed by atoms with Gasteiger partial charge < -0.3 is 50.1 Å². The quantitative estimate of drug-likeness (QED) is 0.249. The number of phenolic OH excluding ortho intramolecular Hbond substituents is 1. The monoisotopic (exact) mass is 501 g/mol. The highest BCUT2D eigenvalue weighted by Gasteiger charge is 2.20. The molecule has 0 atom stereocenters. The Hall–Kier alpha value is -3.26. The highest BCUT2D eigenvalue weighted by Crippen LogP contribution is 2.29. The van der Waals surface area contributed by atoms with Gasteiger partial charge in [-0.05, 0) is 50.7 Å². The van der Waals surface area contributed by atoms with Crippen LogP contribution >= 0.6 is 0 Å². The van der Waals surface area contributed by atoms with Crippen LogP contribution in [0.15, 0.2) is 18.2 Å². The molecule has 13 nitrogen and oxygen atoms in total. The summed E-state index contributed by atoms with van der Waals surface area (Å²) in [5, 5.41) is 16.2. The van der Waals surface area contributed by atoms with E-state index in [-0.39, 0.29) is 42.0 Å². The maximum absolute atomic E-state index is 11.6. The predicted molar refractivity (Wildman–Crippen MR) is 151 cm³/mol. The molecule has 0 aliphatic carbocycles. The Bertz CT molecular complexity index is 899. The highest BCUT2D eigenvalue weighted by molar-refractivity contribution is 5.92. The van der Waals surface area contributed by atoms with Gasteiger partial charge in [0.25, 0.3) is 0 Å². The van der Waals surface area contributed by atoms with E-state index in [9.17, 15) is 9.90 Å². The Kier molecular flexibility index (Phi) is 13.5. The van der Waals surface area contributed by atoms with Crippen LogP contribution in [-0.4, -0.2) is 52.1 Å². The SMILES string of the molecule is CCC(=O)Nc1ccc(Nc2nc(N3CCCCC3)nc(N3CCCCC3)n2)cc1O.N.N.N.N.[HH].[HH].[HH].[HH]. The molecule has 0 bridgehead atoms. The van der Waals surface area contributed by atoms with Gasteiger partial charge in [-0.3, -0.25) is 4.79 Å². The summed E-state index contributed by atoms with van der Waals surface area (Å²) < 4.78 is 0. The molecular formula is C22H51N11O2. The lowest BCUT2D eigenvalue weighted by molar-refractivity contribution is -0.115. The lowest BCUT2D eigenvalue weighted by Crippen LogP contribution is -2.34. The molecule has 0 saturated carbocycles. The van der Waals surface area contributed by atoms with Crippen molar-refractivity contribution in [3.8, 4) is 5.75 Å². The summed E-state index contributed by atoms with van der Waals surface area (Å²) in [6.07, 6.45) is 7.41. The van der Waals surface area contributed by atoms with E-state index in [4.69, 9.17) is 4.98 Å². The van der Waals surface area contributed by atoms with Crippen molar-refractivity contribution < 1.29 is 15.6 Å². The zero-order chi connectivity index (χ0) is 21.6. The predicted octanol–water partition coefficient (Wildman–Crippen LogP) is 5.28. The van der Waals surface area contributed by atoms with Crippen molar-refractivity contribution in [1.82, 2.24) is 39.6 Å². The van der Waals surface area contributed by atoms with E-state index >= 15 is 0 Å². The van der Waals surface area contributed by atoms with Crippen molar-refractivity contribution in [2.45, 2.75) is 51.9 Å². The Morgan fingerprint density at radius 3 is 1.86 bits per heavy atom. The molecule has 3 heterocycles. The Morgan fingerprint density at radius 2 is 1.40 bits per heavy atom. The minimum Gasteiger partial charge on any atom is -0.506 e. The zero-order valence-electron chi connectivity index (χ0n) is 20.9. The second-order valence-electron chi connectivity index (χ2n) is 8.11. The number of hydrogen-bond donors (Lipinski definition) is 7. The van der Waals surface area contributed by atoms with Crippen LogP contribution in [-0.2, 0) is 4.79 Å². The third-order valence-corrected chi connectivity index (χ3v) is 5.74. The molecule has 206 valence electrons. The molecule has 13 heteroatoms. The lowest BCUT2D eigenvalue weighted by atomic mass is 10.1. The molecule has 35 heavy (non-hydrogen) atoms. The number of anilines is 5. The summed E-state index contributed by atoms with van der Waals surface area (Å²) >= 11 is 0. The minimum absolute atomic E-state index is 0. The minimum atomic E-state index is -0.147. The van der Waals surface area contributed by atoms with Crippen molar-refractivity contribution >= 4 is 35.1 Å². The topological polar surface area (TPSA) is 247 Å². The molecule has 0 spiro atoms. The van der Waals surface area contributed by atoms with Gasteiger partial charge in [0.05, 0.1) is 5.69 Å². The standard InChI is InChI=1S/C22H31N7O2.4H3N.4H2/c1-2-19(31)24-17-10-9-16(15-18(17)30)23-20-25-21(28-11-5-3-6-12-28)27-22(26-20)29-13-7-4-8-14-29;;;;;;;;/h9-10,15,30H,2-8,11-14H2,1H3,(H,24,31)(H,23,25,26,27);4*1H3;4*1H. The summed E-state index contributed by atoms with van der Waals surface area (Å²) in [6, 6.07) is 5.02. The lowest BCUT2D eigenvalue weighted by Gasteiger charge is -2.30. The van der Waals surface area contributed by atoms with Crippen LogP contribution in [0.4, 0.5) is 29.2 Å². The van der Waals surface area contributed by atoms with Crippen molar-refractivity contribution in [2.75, 3.05) is 46.6 Å². The number of phenols is 1. The fourth-order valence-corrected chi connectivity index (χ4v) is 3.96. The Labute approximate surface area is 213 Å². The molecule has 1 aromatic carbocycles. The molecule has 2 aliphatic heterocycles. The molecule has 2 saturated heterocycles. The van der Waals surface area contributed by atoms with Gasteiger partial charge in [-0.25, -0.2) is 0 Å². The van der Waals surface area contributed by atoms with Gasteiger partial charge in [-0.1, -0.05) is 6.92 Å². The molecule has 1 aromatic heterocycles. The van der Waals surface area contributed by atoms with E-state index < -0.39 is 0 Å². The average Bonchev–Trinajstić information content (AvgIpc) is 2.81. The summed E-state index contributed by atoms with van der Waals surface area (Å²) in [6.45, 7) is 5.58. The number of piperidine rings is 2. The summed E-state index contributed by atoms with van der Waals surface area (Å²) in [7, 11) is 0. The van der Waals surface area contributed by atoms with E-state index in [2.05, 4.69) is 30.4 Å². The Morgan fingerprint density at radius 1 is 0.886 bits per heavy atom. The maximum Gasteiger partial charge on any atom is 0.233 e. The molecule has 0 radical (unpaired) electrons. The number of nitrogens with one attached hydrogen (secondary N) is 2. The fraction of sp³-hybridized carbons (Fsp3) is 0.545. The van der Waals surface area contributed by atoms with Gasteiger partial charge in [-0.2, -0.15) is 15.0 Å². The number of nitrogens with zero attached hydrogens (tertiary/aromatic N) is 5. The Balaban J connectivity index is -0.000000482. The van der Waals surface area contributed by atoms with Crippen LogP contribution in [0.1, 0.15) is 57.6 Å². The molecule has 4 rings (SSSR count). The number of aromatic hydroxyl groups is 1. The first-order chi connectivity index (χ1) is 15.1. The first kappa shape index (κ1) is 31.7. The smallest absolute Gasteiger partial charge is 0.233 e. The third-order valence-electron chi connectivity index (χ3n) is 5.74. The van der Waals surface area contributed by atoms with E-state index in [1.54, 1.807) is 25.1 Å². The summed E-state index contributed by atoms with van der Waals surface area (Å²) in [4.78, 5) is 30.2. The molecule has 0 unspecified atom stereocenters. The molecule has 15 N–H and O–H groups in total. The number of aromatic nitrogens is 3. The molecule has 2 aromatic rings. The second-order valence-corrected chi connectivity index (χ2v) is 8.11. The summed E-state index contributed by atoms with van der Waals surface area (Å²) in [5.74, 6) is 1.71. The largest absolute Gasteiger partial charge is 0.506 e. The fourth-order valence-electron chi connectivity index (χ4n) is 3.96. The van der Waals surface area contributed by atoms with Gasteiger partial charge in [-0.15, -0.1) is 0 Å². The molecule has 2 aliphatic rings. The van der Waals surface area contributed by atoms with Crippen LogP contribution in [0.2, 0.25) is 0 Å². The molecular weight excluding hydrogens is 450 g/mol. The van der Waals surface area contributed by atoms with Gasteiger partial charge in [0.1, 0.15) is 5.75 Å². The number of benzene rings is 1. The van der Waals surface area contributed by atoms with Crippen LogP contribution in [0.3, 0.4) is 0 Å². The first-order valence-electron chi connectivity index (χ1n) is 11.3. The van der Waals surface area contributed by atoms with Crippen LogP contribution in [0.5, 0.6) is 5.75 Å². The normalized spacial score (nSPS) is 14.9. The van der Waals surface area contributed by atoms with E-state index in [1.165, 1.54) is 12.8 Å². The van der Waals surface area contributed by atoms with Gasteiger partial charge in [0, 0.05) is 50.1 Å². The van der Waals surface area contributed by atoms with Crippen molar-refractivity contribution in [3.63, 3.8) is 0 Å². The first-order valence-corrected chi connectivity index (χ1v) is 11.3. The van der Waals surface area contributed by atoms with Crippen LogP contribution in [0.25, 0.3) is 0 Å². The van der Waals surface area contributed by atoms with Crippen molar-refractivity contribution in [3.05, 3.63) is 18.2 Å². The number of carbonyl (C=O) groups excluding carboxylic acids is 1. The second kappa shape index (κ2) is 14.9. The third kappa shape index (κ3) is 8.17. The van der Waals surface area contributed by atoms with E-state index in [1.807, 2.05) is 0 Å². The number of amides is 1. The number of carbonyl (C=O) groups is 1. The number of rotatable bonds is 6. The van der Waals surface area contributed by atoms with Crippen molar-refractivity contribution in [2.24, 2.45) is 0 Å². The highest BCUT2D eigenvalue weighted by atomic mass is 16.3. The van der Waals surface area contributed by atoms with Gasteiger partial charge >= 0.3 is 0 Å². The maximum atomic E-state index is 11.6. The van der Waals surface area contributed by atoms with E-state index in [0.717, 1.165) is 51.9 Å². The zero-order valence-corrected chi connectivity index (χ0v) is 20.9. The van der Waals surface area contributed by atoms with Crippen LogP contribution in [0, 0.1) is 0 Å². The van der Waals surface area contributed by atoms with Crippen molar-refractivity contribution in [1.29, 1.82) is 0 Å². The molecule has 1 amide bonds. The van der Waals surface area contributed by atoms with E-state index in [0.29, 0.717) is 35.6 Å². The number of hydrogen-bond acceptors (Lipinski definition) is 12.